The molecule has 0 aromatic rings. The molecule has 0 saturated heterocycles. The fraction of sp³-hybridized carbons (Fsp3) is 1.00. The van der Waals surface area contributed by atoms with E-state index in [0.29, 0.717) is 5.92 Å². The fourth-order valence-electron chi connectivity index (χ4n) is 1.36. The topological polar surface area (TPSA) is 29.5 Å². The molecule has 0 aromatic carbocycles. The highest BCUT2D eigenvalue weighted by Crippen LogP contribution is 2.17. The molecular weight excluding hydrogens is 140 g/mol. The van der Waals surface area contributed by atoms with Crippen molar-refractivity contribution in [1.82, 2.24) is 0 Å². The van der Waals surface area contributed by atoms with Gasteiger partial charge in [-0.25, -0.2) is 0 Å². The predicted molar refractivity (Wildman–Crippen MR) is 46.3 cm³/mol. The Bertz CT molecular complexity index is 77.6. The first-order valence-electron chi connectivity index (χ1n) is 4.47. The molecule has 1 N–H and O–H groups in total. The molecule has 0 rings (SSSR count). The van der Waals surface area contributed by atoms with Gasteiger partial charge >= 0.3 is 0 Å². The second kappa shape index (κ2) is 6.62. The van der Waals surface area contributed by atoms with Gasteiger partial charge < -0.3 is 9.84 Å². The van der Waals surface area contributed by atoms with Crippen LogP contribution in [0.3, 0.4) is 0 Å². The third-order valence-electron chi connectivity index (χ3n) is 1.96. The van der Waals surface area contributed by atoms with Crippen LogP contribution in [0.1, 0.15) is 39.5 Å². The van der Waals surface area contributed by atoms with Crippen LogP contribution in [0.15, 0.2) is 0 Å². The van der Waals surface area contributed by atoms with E-state index >= 15 is 0 Å². The van der Waals surface area contributed by atoms with Gasteiger partial charge in [-0.05, 0) is 12.8 Å². The van der Waals surface area contributed by atoms with Gasteiger partial charge in [-0.3, -0.25) is 0 Å². The molecule has 2 nitrogen and oxygen atoms in total. The van der Waals surface area contributed by atoms with Crippen LogP contribution in [0.25, 0.3) is 0 Å². The monoisotopic (exact) mass is 160 g/mol. The van der Waals surface area contributed by atoms with Crippen LogP contribution in [0.5, 0.6) is 0 Å². The molecule has 0 fully saturated rings. The summed E-state index contributed by atoms with van der Waals surface area (Å²) in [6.07, 6.45) is 3.79. The summed E-state index contributed by atoms with van der Waals surface area (Å²) in [7, 11) is 1.56. The lowest BCUT2D eigenvalue weighted by molar-refractivity contribution is -0.116. The zero-order chi connectivity index (χ0) is 8.69. The highest BCUT2D eigenvalue weighted by molar-refractivity contribution is 4.60. The predicted octanol–water partition coefficient (Wildman–Crippen LogP) is 2.17. The van der Waals surface area contributed by atoms with Crippen molar-refractivity contribution in [2.24, 2.45) is 5.92 Å². The molecule has 68 valence electrons. The Morgan fingerprint density at radius 2 is 1.64 bits per heavy atom. The Morgan fingerprint density at radius 1 is 1.18 bits per heavy atom. The van der Waals surface area contributed by atoms with Crippen molar-refractivity contribution in [3.8, 4) is 0 Å². The molecule has 0 heterocycles. The molecule has 0 aliphatic rings. The lowest BCUT2D eigenvalue weighted by Gasteiger charge is -2.20. The maximum atomic E-state index is 9.36. The first-order valence-corrected chi connectivity index (χ1v) is 4.47. The van der Waals surface area contributed by atoms with Crippen LogP contribution >= 0.6 is 0 Å². The first-order chi connectivity index (χ1) is 5.26. The Kier molecular flexibility index (Phi) is 6.57. The first kappa shape index (κ1) is 10.9. The summed E-state index contributed by atoms with van der Waals surface area (Å²) in [6.45, 7) is 4.26. The van der Waals surface area contributed by atoms with E-state index in [-0.39, 0.29) is 0 Å². The third kappa shape index (κ3) is 4.38. The second-order valence-electron chi connectivity index (χ2n) is 2.96. The summed E-state index contributed by atoms with van der Waals surface area (Å²) in [5.41, 5.74) is 0. The van der Waals surface area contributed by atoms with Gasteiger partial charge in [0.25, 0.3) is 0 Å². The average molecular weight is 160 g/mol. The smallest absolute Gasteiger partial charge is 0.156 e. The zero-order valence-electron chi connectivity index (χ0n) is 7.84. The summed E-state index contributed by atoms with van der Waals surface area (Å²) in [5, 5.41) is 9.36. The second-order valence-corrected chi connectivity index (χ2v) is 2.96. The van der Waals surface area contributed by atoms with Gasteiger partial charge in [-0.2, -0.15) is 0 Å². The number of rotatable bonds is 6. The number of aliphatic hydroxyl groups is 1. The Morgan fingerprint density at radius 3 is 1.91 bits per heavy atom. The fourth-order valence-corrected chi connectivity index (χ4v) is 1.36. The zero-order valence-corrected chi connectivity index (χ0v) is 7.84. The van der Waals surface area contributed by atoms with Crippen LogP contribution in [-0.4, -0.2) is 18.5 Å². The number of hydrogen-bond acceptors (Lipinski definition) is 2. The molecule has 11 heavy (non-hydrogen) atoms. The van der Waals surface area contributed by atoms with E-state index in [1.54, 1.807) is 7.11 Å². The maximum absolute atomic E-state index is 9.36. The molecule has 0 spiro atoms. The third-order valence-corrected chi connectivity index (χ3v) is 1.96. The number of aliphatic hydroxyl groups excluding tert-OH is 1. The quantitative estimate of drug-likeness (QED) is 0.603. The van der Waals surface area contributed by atoms with Crippen LogP contribution in [-0.2, 0) is 4.74 Å². The minimum absolute atomic E-state index is 0.329. The van der Waals surface area contributed by atoms with Gasteiger partial charge in [-0.15, -0.1) is 0 Å². The van der Waals surface area contributed by atoms with E-state index in [1.165, 1.54) is 0 Å². The maximum Gasteiger partial charge on any atom is 0.156 e. The summed E-state index contributed by atoms with van der Waals surface area (Å²) >= 11 is 0. The largest absolute Gasteiger partial charge is 0.368 e. The molecule has 0 aromatic heterocycles. The molecule has 1 atom stereocenters. The lowest BCUT2D eigenvalue weighted by Crippen LogP contribution is -2.21. The van der Waals surface area contributed by atoms with Crippen molar-refractivity contribution >= 4 is 0 Å². The number of methoxy groups -OCH3 is 1. The molecular formula is C9H20O2. The highest BCUT2D eigenvalue weighted by atomic mass is 16.6. The summed E-state index contributed by atoms with van der Waals surface area (Å²) in [6, 6.07) is 0. The van der Waals surface area contributed by atoms with Crippen molar-refractivity contribution in [1.29, 1.82) is 0 Å². The van der Waals surface area contributed by atoms with Gasteiger partial charge in [-0.1, -0.05) is 26.7 Å². The van der Waals surface area contributed by atoms with Crippen LogP contribution in [0.4, 0.5) is 0 Å². The van der Waals surface area contributed by atoms with Gasteiger partial charge in [0.15, 0.2) is 6.29 Å². The van der Waals surface area contributed by atoms with E-state index in [0.717, 1.165) is 25.7 Å². The minimum Gasteiger partial charge on any atom is -0.368 e. The Labute approximate surface area is 69.6 Å². The summed E-state index contributed by atoms with van der Waals surface area (Å²) in [4.78, 5) is 0. The molecule has 0 bridgehead atoms. The van der Waals surface area contributed by atoms with Crippen molar-refractivity contribution in [2.45, 2.75) is 45.8 Å². The van der Waals surface area contributed by atoms with Crippen molar-refractivity contribution in [3.63, 3.8) is 0 Å². The Balaban J connectivity index is 3.66. The van der Waals surface area contributed by atoms with Gasteiger partial charge in [0.2, 0.25) is 0 Å². The highest BCUT2D eigenvalue weighted by Gasteiger charge is 2.15. The van der Waals surface area contributed by atoms with Crippen LogP contribution in [0, 0.1) is 5.92 Å². The van der Waals surface area contributed by atoms with E-state index in [2.05, 4.69) is 13.8 Å². The van der Waals surface area contributed by atoms with E-state index < -0.39 is 6.29 Å². The molecule has 0 aliphatic carbocycles. The van der Waals surface area contributed by atoms with E-state index in [1.807, 2.05) is 0 Å². The summed E-state index contributed by atoms with van der Waals surface area (Å²) in [5.74, 6) is 0.329. The Hall–Kier alpha value is -0.0800. The van der Waals surface area contributed by atoms with E-state index in [9.17, 15) is 5.11 Å². The van der Waals surface area contributed by atoms with Gasteiger partial charge in [0, 0.05) is 13.0 Å². The van der Waals surface area contributed by atoms with Gasteiger partial charge in [0.05, 0.1) is 0 Å². The molecule has 0 radical (unpaired) electrons. The van der Waals surface area contributed by atoms with Crippen molar-refractivity contribution < 1.29 is 9.84 Å². The minimum atomic E-state index is -0.560. The molecule has 0 amide bonds. The number of ether oxygens (including phenoxy) is 1. The average Bonchev–Trinajstić information content (AvgIpc) is 2.03. The molecule has 0 aliphatic heterocycles. The molecule has 2 heteroatoms. The van der Waals surface area contributed by atoms with Crippen molar-refractivity contribution in [3.05, 3.63) is 0 Å². The SMILES string of the molecule is CCCC(CCC)C(O)OC. The molecule has 1 unspecified atom stereocenters. The van der Waals surface area contributed by atoms with Gasteiger partial charge in [0.1, 0.15) is 0 Å². The van der Waals surface area contributed by atoms with Crippen molar-refractivity contribution in [2.75, 3.05) is 7.11 Å². The molecule has 0 saturated carbocycles. The number of hydrogen-bond donors (Lipinski definition) is 1. The van der Waals surface area contributed by atoms with E-state index in [4.69, 9.17) is 4.74 Å². The summed E-state index contributed by atoms with van der Waals surface area (Å²) < 4.78 is 4.87. The normalized spacial score (nSPS) is 13.9. The lowest BCUT2D eigenvalue weighted by atomic mass is 9.98. The standard InChI is InChI=1S/C9H20O2/c1-4-6-8(7-5-2)9(10)11-3/h8-10H,4-7H2,1-3H3. The van der Waals surface area contributed by atoms with Crippen LogP contribution in [0.2, 0.25) is 0 Å². The van der Waals surface area contributed by atoms with Crippen LogP contribution < -0.4 is 0 Å².